The number of aromatic nitrogens is 4. The molecule has 4 aromatic rings. The van der Waals surface area contributed by atoms with Crippen molar-refractivity contribution in [1.82, 2.24) is 19.1 Å². The number of hydrogen-bond donors (Lipinski definition) is 1. The summed E-state index contributed by atoms with van der Waals surface area (Å²) in [6, 6.07) is 18.7. The van der Waals surface area contributed by atoms with Crippen LogP contribution in [-0.2, 0) is 18.4 Å². The number of aryl methyl sites for hydroxylation is 1. The van der Waals surface area contributed by atoms with E-state index in [0.717, 1.165) is 11.4 Å². The van der Waals surface area contributed by atoms with Gasteiger partial charge in [-0.1, -0.05) is 36.4 Å². The van der Waals surface area contributed by atoms with E-state index in [2.05, 4.69) is 20.6 Å². The van der Waals surface area contributed by atoms with E-state index in [1.54, 1.807) is 14.0 Å². The van der Waals surface area contributed by atoms with Gasteiger partial charge in [-0.2, -0.15) is 10.2 Å². The Hall–Kier alpha value is -4.27. The number of para-hydroxylation sites is 1. The Labute approximate surface area is 183 Å². The van der Waals surface area contributed by atoms with Crippen LogP contribution in [0.15, 0.2) is 75.7 Å². The summed E-state index contributed by atoms with van der Waals surface area (Å²) in [6.07, 6.45) is 0.311. The van der Waals surface area contributed by atoms with Crippen molar-refractivity contribution < 1.29 is 4.79 Å². The maximum absolute atomic E-state index is 13.5. The molecule has 0 fully saturated rings. The van der Waals surface area contributed by atoms with Gasteiger partial charge in [0.2, 0.25) is 5.91 Å². The number of carbonyl (C=O) groups excluding carboxylic acids is 1. The van der Waals surface area contributed by atoms with Gasteiger partial charge in [0.25, 0.3) is 5.56 Å². The molecule has 1 amide bonds. The highest BCUT2D eigenvalue weighted by molar-refractivity contribution is 5.96. The molecule has 1 aliphatic rings. The topological polar surface area (TPSA) is 98.6 Å². The highest BCUT2D eigenvalue weighted by Gasteiger charge is 2.29. The number of fused-ring (bicyclic) bond motifs is 1. The van der Waals surface area contributed by atoms with Gasteiger partial charge in [0.15, 0.2) is 11.5 Å². The predicted octanol–water partition coefficient (Wildman–Crippen LogP) is 4.11. The number of hydrogen-bond acceptors (Lipinski definition) is 5. The van der Waals surface area contributed by atoms with Crippen molar-refractivity contribution in [1.29, 1.82) is 0 Å². The molecule has 160 valence electrons. The van der Waals surface area contributed by atoms with Crippen LogP contribution in [0.5, 0.6) is 0 Å². The summed E-state index contributed by atoms with van der Waals surface area (Å²) >= 11 is 0. The van der Waals surface area contributed by atoms with E-state index in [1.807, 2.05) is 74.6 Å². The van der Waals surface area contributed by atoms with E-state index >= 15 is 0 Å². The second kappa shape index (κ2) is 7.77. The Bertz CT molecular complexity index is 1400. The summed E-state index contributed by atoms with van der Waals surface area (Å²) in [6.45, 7) is 2.28. The van der Waals surface area contributed by atoms with Gasteiger partial charge < -0.3 is 5.32 Å². The number of rotatable bonds is 4. The normalized spacial score (nSPS) is 13.4. The van der Waals surface area contributed by atoms with E-state index in [9.17, 15) is 9.59 Å². The molecule has 2 aromatic carbocycles. The lowest BCUT2D eigenvalue weighted by atomic mass is 10.1. The first-order valence-corrected chi connectivity index (χ1v) is 10.3. The Kier molecular flexibility index (Phi) is 4.78. The summed E-state index contributed by atoms with van der Waals surface area (Å²) in [5, 5.41) is 16.2. The molecule has 3 heterocycles. The smallest absolute Gasteiger partial charge is 0.281 e. The maximum Gasteiger partial charge on any atom is 0.281 e. The van der Waals surface area contributed by atoms with E-state index in [0.29, 0.717) is 41.4 Å². The quantitative estimate of drug-likeness (QED) is 0.496. The van der Waals surface area contributed by atoms with E-state index in [1.165, 1.54) is 0 Å². The fourth-order valence-electron chi connectivity index (χ4n) is 3.85. The fraction of sp³-hybridized carbons (Fsp3) is 0.174. The molecule has 0 saturated heterocycles. The third-order valence-electron chi connectivity index (χ3n) is 5.55. The van der Waals surface area contributed by atoms with Crippen molar-refractivity contribution in [3.8, 4) is 16.9 Å². The SMILES string of the molecule is Cc1c(-c2nn3c(c2N=Nc2ccccc2)NC(=O)CC3)c(=O)n(-c2ccccc2)n1C. The Morgan fingerprint density at radius 1 is 0.969 bits per heavy atom. The van der Waals surface area contributed by atoms with Gasteiger partial charge in [-0.25, -0.2) is 9.36 Å². The fourth-order valence-corrected chi connectivity index (χ4v) is 3.85. The van der Waals surface area contributed by atoms with Crippen LogP contribution < -0.4 is 10.9 Å². The van der Waals surface area contributed by atoms with Crippen LogP contribution in [0.4, 0.5) is 17.2 Å². The van der Waals surface area contributed by atoms with Crippen molar-refractivity contribution in [2.45, 2.75) is 19.9 Å². The zero-order chi connectivity index (χ0) is 22.2. The first-order valence-electron chi connectivity index (χ1n) is 10.3. The number of amides is 1. The molecule has 1 N–H and O–H groups in total. The molecular formula is C23H21N7O2. The van der Waals surface area contributed by atoms with Gasteiger partial charge in [-0.15, -0.1) is 5.11 Å². The van der Waals surface area contributed by atoms with Crippen molar-refractivity contribution in [3.05, 3.63) is 76.7 Å². The molecule has 9 heteroatoms. The monoisotopic (exact) mass is 427 g/mol. The van der Waals surface area contributed by atoms with Crippen molar-refractivity contribution in [2.75, 3.05) is 5.32 Å². The third-order valence-corrected chi connectivity index (χ3v) is 5.55. The number of anilines is 1. The van der Waals surface area contributed by atoms with Crippen LogP contribution in [0, 0.1) is 6.92 Å². The van der Waals surface area contributed by atoms with Gasteiger partial charge in [0, 0.05) is 19.2 Å². The number of carbonyl (C=O) groups is 1. The zero-order valence-electron chi connectivity index (χ0n) is 17.7. The highest BCUT2D eigenvalue weighted by Crippen LogP contribution is 2.39. The molecule has 32 heavy (non-hydrogen) atoms. The lowest BCUT2D eigenvalue weighted by Gasteiger charge is -2.13. The van der Waals surface area contributed by atoms with Gasteiger partial charge >= 0.3 is 0 Å². The largest absolute Gasteiger partial charge is 0.309 e. The average molecular weight is 427 g/mol. The van der Waals surface area contributed by atoms with Crippen molar-refractivity contribution in [2.24, 2.45) is 17.3 Å². The molecule has 2 aromatic heterocycles. The summed E-state index contributed by atoms with van der Waals surface area (Å²) in [5.74, 6) is 0.330. The Morgan fingerprint density at radius 2 is 1.66 bits per heavy atom. The second-order valence-corrected chi connectivity index (χ2v) is 7.54. The number of azo groups is 1. The molecule has 0 unspecified atom stereocenters. The molecule has 9 nitrogen and oxygen atoms in total. The van der Waals surface area contributed by atoms with E-state index in [-0.39, 0.29) is 11.5 Å². The van der Waals surface area contributed by atoms with Crippen molar-refractivity contribution >= 4 is 23.1 Å². The molecule has 0 spiro atoms. The van der Waals surface area contributed by atoms with Gasteiger partial charge in [-0.05, 0) is 31.2 Å². The third kappa shape index (κ3) is 3.24. The molecule has 1 aliphatic heterocycles. The van der Waals surface area contributed by atoms with Gasteiger partial charge in [-0.3, -0.25) is 14.3 Å². The standard InChI is InChI=1S/C23H21N7O2/c1-15-19(23(32)30(28(15)2)17-11-7-4-8-12-17)20-21(26-25-16-9-5-3-6-10-16)22-24-18(31)13-14-29(22)27-20/h3-12H,13-14H2,1-2H3,(H,24,31). The van der Waals surface area contributed by atoms with Crippen LogP contribution in [0.2, 0.25) is 0 Å². The average Bonchev–Trinajstić information content (AvgIpc) is 3.26. The Balaban J connectivity index is 1.72. The van der Waals surface area contributed by atoms with Gasteiger partial charge in [0.1, 0.15) is 5.69 Å². The molecular weight excluding hydrogens is 406 g/mol. The number of benzene rings is 2. The summed E-state index contributed by atoms with van der Waals surface area (Å²) in [5.41, 5.74) is 3.12. The highest BCUT2D eigenvalue weighted by atomic mass is 16.2. The first-order chi connectivity index (χ1) is 15.5. The molecule has 0 bridgehead atoms. The predicted molar refractivity (Wildman–Crippen MR) is 121 cm³/mol. The maximum atomic E-state index is 13.5. The second-order valence-electron chi connectivity index (χ2n) is 7.54. The van der Waals surface area contributed by atoms with Crippen LogP contribution >= 0.6 is 0 Å². The lowest BCUT2D eigenvalue weighted by molar-refractivity contribution is -0.116. The lowest BCUT2D eigenvalue weighted by Crippen LogP contribution is -2.23. The first kappa shape index (κ1) is 19.7. The van der Waals surface area contributed by atoms with Crippen molar-refractivity contribution in [3.63, 3.8) is 0 Å². The molecule has 0 radical (unpaired) electrons. The molecule has 5 rings (SSSR count). The minimum absolute atomic E-state index is 0.119. The van der Waals surface area contributed by atoms with Gasteiger partial charge in [0.05, 0.1) is 23.5 Å². The van der Waals surface area contributed by atoms with E-state index < -0.39 is 0 Å². The Morgan fingerprint density at radius 3 is 2.38 bits per heavy atom. The minimum atomic E-state index is -0.214. The zero-order valence-corrected chi connectivity index (χ0v) is 17.7. The summed E-state index contributed by atoms with van der Waals surface area (Å²) in [4.78, 5) is 25.6. The van der Waals surface area contributed by atoms with Crippen LogP contribution in [-0.4, -0.2) is 25.1 Å². The molecule has 0 saturated carbocycles. The number of nitrogens with zero attached hydrogens (tertiary/aromatic N) is 6. The molecule has 0 aliphatic carbocycles. The van der Waals surface area contributed by atoms with Crippen LogP contribution in [0.25, 0.3) is 16.9 Å². The van der Waals surface area contributed by atoms with E-state index in [4.69, 9.17) is 0 Å². The molecule has 0 atom stereocenters. The van der Waals surface area contributed by atoms with Crippen LogP contribution in [0.1, 0.15) is 12.1 Å². The number of nitrogens with one attached hydrogen (secondary N) is 1. The van der Waals surface area contributed by atoms with Crippen LogP contribution in [0.3, 0.4) is 0 Å². The summed E-state index contributed by atoms with van der Waals surface area (Å²) < 4.78 is 5.07. The minimum Gasteiger partial charge on any atom is -0.309 e. The summed E-state index contributed by atoms with van der Waals surface area (Å²) in [7, 11) is 1.83.